The molecule has 0 aromatic carbocycles. The van der Waals surface area contributed by atoms with Crippen LogP contribution in [0.15, 0.2) is 29.2 Å². The lowest BCUT2D eigenvalue weighted by atomic mass is 10.3. The second-order valence-electron chi connectivity index (χ2n) is 4.10. The van der Waals surface area contributed by atoms with Crippen LogP contribution in [-0.4, -0.2) is 26.1 Å². The highest BCUT2D eigenvalue weighted by Gasteiger charge is 2.03. The predicted molar refractivity (Wildman–Crippen MR) is 72.0 cm³/mol. The Morgan fingerprint density at radius 3 is 3.22 bits per heavy atom. The van der Waals surface area contributed by atoms with Crippen LogP contribution in [0.2, 0.25) is 0 Å². The number of aryl methyl sites for hydroxylation is 1. The average molecular weight is 259 g/mol. The highest BCUT2D eigenvalue weighted by atomic mass is 32.1. The minimum absolute atomic E-state index is 0.663. The SMILES string of the molecule is Cc1ccn2nc(NCCc3cscn3)nc2c1. The minimum atomic E-state index is 0.663. The molecule has 0 aliphatic carbocycles. The predicted octanol–water partition coefficient (Wildman–Crippen LogP) is 2.15. The summed E-state index contributed by atoms with van der Waals surface area (Å²) in [4.78, 5) is 8.65. The summed E-state index contributed by atoms with van der Waals surface area (Å²) < 4.78 is 1.78. The number of hydrogen-bond acceptors (Lipinski definition) is 5. The van der Waals surface area contributed by atoms with E-state index in [-0.39, 0.29) is 0 Å². The van der Waals surface area contributed by atoms with Gasteiger partial charge in [0.25, 0.3) is 0 Å². The van der Waals surface area contributed by atoms with E-state index in [9.17, 15) is 0 Å². The van der Waals surface area contributed by atoms with E-state index in [1.54, 1.807) is 15.9 Å². The summed E-state index contributed by atoms with van der Waals surface area (Å²) in [5.74, 6) is 0.663. The molecule has 5 nitrogen and oxygen atoms in total. The maximum absolute atomic E-state index is 4.42. The summed E-state index contributed by atoms with van der Waals surface area (Å²) in [6.45, 7) is 2.84. The number of pyridine rings is 1. The fraction of sp³-hybridized carbons (Fsp3) is 0.250. The zero-order valence-electron chi connectivity index (χ0n) is 10.00. The van der Waals surface area contributed by atoms with E-state index in [4.69, 9.17) is 0 Å². The van der Waals surface area contributed by atoms with Crippen molar-refractivity contribution in [3.8, 4) is 0 Å². The Hall–Kier alpha value is -1.95. The average Bonchev–Trinajstić information content (AvgIpc) is 2.97. The molecule has 0 fully saturated rings. The Kier molecular flexibility index (Phi) is 2.93. The van der Waals surface area contributed by atoms with Crippen molar-refractivity contribution in [1.29, 1.82) is 0 Å². The van der Waals surface area contributed by atoms with Crippen LogP contribution in [0.25, 0.3) is 5.65 Å². The zero-order chi connectivity index (χ0) is 12.4. The lowest BCUT2D eigenvalue weighted by molar-refractivity contribution is 0.925. The molecule has 6 heteroatoms. The summed E-state index contributed by atoms with van der Waals surface area (Å²) in [6, 6.07) is 4.03. The number of rotatable bonds is 4. The Morgan fingerprint density at radius 2 is 2.39 bits per heavy atom. The van der Waals surface area contributed by atoms with Crippen molar-refractivity contribution in [1.82, 2.24) is 19.6 Å². The smallest absolute Gasteiger partial charge is 0.243 e. The van der Waals surface area contributed by atoms with Gasteiger partial charge in [-0.3, -0.25) is 0 Å². The van der Waals surface area contributed by atoms with E-state index in [1.165, 1.54) is 5.56 Å². The summed E-state index contributed by atoms with van der Waals surface area (Å²) in [5, 5.41) is 9.62. The molecule has 18 heavy (non-hydrogen) atoms. The normalized spacial score (nSPS) is 10.9. The molecular weight excluding hydrogens is 246 g/mol. The van der Waals surface area contributed by atoms with E-state index in [0.29, 0.717) is 5.95 Å². The molecular formula is C12H13N5S. The van der Waals surface area contributed by atoms with Crippen molar-refractivity contribution < 1.29 is 0 Å². The third-order valence-electron chi connectivity index (χ3n) is 2.64. The highest BCUT2D eigenvalue weighted by molar-refractivity contribution is 7.07. The van der Waals surface area contributed by atoms with Gasteiger partial charge in [0, 0.05) is 24.5 Å². The molecule has 92 valence electrons. The topological polar surface area (TPSA) is 55.1 Å². The van der Waals surface area contributed by atoms with Gasteiger partial charge in [-0.2, -0.15) is 4.98 Å². The second kappa shape index (κ2) is 4.73. The first kappa shape index (κ1) is 11.2. The Bertz CT molecular complexity index is 644. The maximum atomic E-state index is 4.42. The van der Waals surface area contributed by atoms with Crippen LogP contribution in [0.3, 0.4) is 0 Å². The molecule has 0 atom stereocenters. The van der Waals surface area contributed by atoms with E-state index in [1.807, 2.05) is 30.8 Å². The summed E-state index contributed by atoms with van der Waals surface area (Å²) in [7, 11) is 0. The Labute approximate surface area is 109 Å². The fourth-order valence-corrected chi connectivity index (χ4v) is 2.31. The number of aromatic nitrogens is 4. The van der Waals surface area contributed by atoms with E-state index < -0.39 is 0 Å². The molecule has 3 aromatic heterocycles. The van der Waals surface area contributed by atoms with Gasteiger partial charge in [-0.05, 0) is 24.6 Å². The summed E-state index contributed by atoms with van der Waals surface area (Å²) >= 11 is 1.62. The molecule has 0 unspecified atom stereocenters. The monoisotopic (exact) mass is 259 g/mol. The lowest BCUT2D eigenvalue weighted by Gasteiger charge is -1.98. The van der Waals surface area contributed by atoms with Crippen LogP contribution in [0.4, 0.5) is 5.95 Å². The lowest BCUT2D eigenvalue weighted by Crippen LogP contribution is -2.06. The van der Waals surface area contributed by atoms with Crippen LogP contribution in [-0.2, 0) is 6.42 Å². The van der Waals surface area contributed by atoms with Gasteiger partial charge >= 0.3 is 0 Å². The summed E-state index contributed by atoms with van der Waals surface area (Å²) in [6.07, 6.45) is 2.81. The number of thiazole rings is 1. The zero-order valence-corrected chi connectivity index (χ0v) is 10.8. The number of nitrogens with zero attached hydrogens (tertiary/aromatic N) is 4. The minimum Gasteiger partial charge on any atom is -0.353 e. The van der Waals surface area contributed by atoms with Gasteiger partial charge < -0.3 is 5.32 Å². The van der Waals surface area contributed by atoms with Gasteiger partial charge in [-0.1, -0.05) is 0 Å². The Balaban J connectivity index is 1.67. The number of hydrogen-bond donors (Lipinski definition) is 1. The molecule has 0 saturated heterocycles. The fourth-order valence-electron chi connectivity index (χ4n) is 1.72. The highest BCUT2D eigenvalue weighted by Crippen LogP contribution is 2.08. The van der Waals surface area contributed by atoms with Crippen LogP contribution >= 0.6 is 11.3 Å². The van der Waals surface area contributed by atoms with Crippen molar-refractivity contribution in [3.63, 3.8) is 0 Å². The molecule has 0 amide bonds. The van der Waals surface area contributed by atoms with E-state index >= 15 is 0 Å². The van der Waals surface area contributed by atoms with E-state index in [0.717, 1.165) is 24.3 Å². The molecule has 0 aliphatic rings. The molecule has 0 aliphatic heterocycles. The first-order valence-corrected chi connectivity index (χ1v) is 6.69. The van der Waals surface area contributed by atoms with Crippen molar-refractivity contribution in [2.24, 2.45) is 0 Å². The third-order valence-corrected chi connectivity index (χ3v) is 3.28. The number of anilines is 1. The van der Waals surface area contributed by atoms with Gasteiger partial charge in [0.2, 0.25) is 5.95 Å². The molecule has 0 radical (unpaired) electrons. The maximum Gasteiger partial charge on any atom is 0.243 e. The van der Waals surface area contributed by atoms with Crippen molar-refractivity contribution in [2.45, 2.75) is 13.3 Å². The number of fused-ring (bicyclic) bond motifs is 1. The Morgan fingerprint density at radius 1 is 1.44 bits per heavy atom. The molecule has 3 heterocycles. The molecule has 0 saturated carbocycles. The van der Waals surface area contributed by atoms with Gasteiger partial charge in [-0.25, -0.2) is 9.50 Å². The van der Waals surface area contributed by atoms with Gasteiger partial charge in [0.1, 0.15) is 0 Å². The van der Waals surface area contributed by atoms with E-state index in [2.05, 4.69) is 25.8 Å². The molecule has 0 bridgehead atoms. The van der Waals surface area contributed by atoms with Crippen molar-refractivity contribution in [2.75, 3.05) is 11.9 Å². The van der Waals surface area contributed by atoms with Gasteiger partial charge in [0.05, 0.1) is 11.2 Å². The quantitative estimate of drug-likeness (QED) is 0.780. The van der Waals surface area contributed by atoms with Gasteiger partial charge in [0.15, 0.2) is 5.65 Å². The largest absolute Gasteiger partial charge is 0.353 e. The van der Waals surface area contributed by atoms with Crippen molar-refractivity contribution in [3.05, 3.63) is 40.5 Å². The first-order valence-electron chi connectivity index (χ1n) is 5.75. The number of nitrogens with one attached hydrogen (secondary N) is 1. The van der Waals surface area contributed by atoms with Crippen LogP contribution in [0, 0.1) is 6.92 Å². The van der Waals surface area contributed by atoms with Gasteiger partial charge in [-0.15, -0.1) is 16.4 Å². The summed E-state index contributed by atoms with van der Waals surface area (Å²) in [5.41, 5.74) is 5.00. The molecule has 0 spiro atoms. The second-order valence-corrected chi connectivity index (χ2v) is 4.82. The third kappa shape index (κ3) is 2.33. The molecule has 3 aromatic rings. The first-order chi connectivity index (χ1) is 8.81. The van der Waals surface area contributed by atoms with Crippen molar-refractivity contribution >= 4 is 22.9 Å². The van der Waals surface area contributed by atoms with Crippen LogP contribution < -0.4 is 5.32 Å². The van der Waals surface area contributed by atoms with Crippen LogP contribution in [0.1, 0.15) is 11.3 Å². The molecule has 3 rings (SSSR count). The molecule has 1 N–H and O–H groups in total. The van der Waals surface area contributed by atoms with Crippen LogP contribution in [0.5, 0.6) is 0 Å². The standard InChI is InChI=1S/C12H13N5S/c1-9-3-5-17-11(6-9)15-12(16-17)13-4-2-10-7-18-8-14-10/h3,5-8H,2,4H2,1H3,(H,13,16).